The van der Waals surface area contributed by atoms with Gasteiger partial charge in [0.25, 0.3) is 0 Å². The van der Waals surface area contributed by atoms with E-state index in [1.165, 1.54) is 5.56 Å². The molecule has 2 aromatic carbocycles. The number of hydrogen-bond acceptors (Lipinski definition) is 3. The van der Waals surface area contributed by atoms with Crippen LogP contribution in [0.2, 0.25) is 0 Å². The third kappa shape index (κ3) is 1.78. The molecule has 0 saturated heterocycles. The lowest BCUT2D eigenvalue weighted by atomic mass is 9.72. The monoisotopic (exact) mass is 324 g/mol. The Labute approximate surface area is 142 Å². The van der Waals surface area contributed by atoms with E-state index >= 15 is 0 Å². The molecule has 0 bridgehead atoms. The maximum Gasteiger partial charge on any atom is 0.157 e. The minimum atomic E-state index is -0.235. The van der Waals surface area contributed by atoms with Crippen molar-refractivity contribution in [1.29, 1.82) is 0 Å². The summed E-state index contributed by atoms with van der Waals surface area (Å²) in [4.78, 5) is 0. The third-order valence-corrected chi connectivity index (χ3v) is 6.09. The summed E-state index contributed by atoms with van der Waals surface area (Å²) in [6, 6.07) is 9.13. The van der Waals surface area contributed by atoms with Gasteiger partial charge in [-0.3, -0.25) is 0 Å². The Morgan fingerprint density at radius 2 is 1.17 bits per heavy atom. The first kappa shape index (κ1) is 15.4. The Kier molecular flexibility index (Phi) is 2.73. The van der Waals surface area contributed by atoms with Crippen molar-refractivity contribution in [1.82, 2.24) is 0 Å². The number of benzene rings is 2. The molecule has 0 saturated carbocycles. The smallest absolute Gasteiger partial charge is 0.157 e. The fourth-order valence-corrected chi connectivity index (χ4v) is 5.34. The van der Waals surface area contributed by atoms with Crippen LogP contribution in [0.4, 0.5) is 0 Å². The van der Waals surface area contributed by atoms with Crippen molar-refractivity contribution in [2.24, 2.45) is 0 Å². The molecule has 0 fully saturated rings. The molecular formula is C21H24O3. The zero-order chi connectivity index (χ0) is 17.5. The van der Waals surface area contributed by atoms with Gasteiger partial charge in [-0.05, 0) is 70.2 Å². The van der Waals surface area contributed by atoms with E-state index in [0.717, 1.165) is 29.5 Å². The van der Waals surface area contributed by atoms with Crippen LogP contribution in [0.25, 0.3) is 0 Å². The van der Waals surface area contributed by atoms with Gasteiger partial charge in [0.2, 0.25) is 0 Å². The molecule has 2 aliphatic rings. The van der Waals surface area contributed by atoms with Crippen LogP contribution < -0.4 is 0 Å². The van der Waals surface area contributed by atoms with Gasteiger partial charge in [0.15, 0.2) is 11.5 Å². The van der Waals surface area contributed by atoms with Crippen LogP contribution in [0.15, 0.2) is 30.3 Å². The number of rotatable bonds is 0. The highest BCUT2D eigenvalue weighted by Crippen LogP contribution is 2.63. The molecule has 3 nitrogen and oxygen atoms in total. The Morgan fingerprint density at radius 1 is 0.667 bits per heavy atom. The lowest BCUT2D eigenvalue weighted by Gasteiger charge is -2.30. The van der Waals surface area contributed by atoms with Gasteiger partial charge in [-0.1, -0.05) is 33.8 Å². The molecule has 0 amide bonds. The minimum Gasteiger partial charge on any atom is -0.508 e. The standard InChI is InChI=1S/C21H24O3/c1-19(2)10-21(15-7-12(22)5-6-13(15)19)11-20(3,4)14-8-17(23)18(24)9-16(14)21/h5-9,22-24H,10-11H2,1-4H3. The van der Waals surface area contributed by atoms with Gasteiger partial charge >= 0.3 is 0 Å². The summed E-state index contributed by atoms with van der Waals surface area (Å²) in [5.74, 6) is 0.143. The lowest BCUT2D eigenvalue weighted by Crippen LogP contribution is -2.26. The summed E-state index contributed by atoms with van der Waals surface area (Å²) in [6.07, 6.45) is 1.83. The maximum absolute atomic E-state index is 10.1. The van der Waals surface area contributed by atoms with Crippen molar-refractivity contribution in [2.75, 3.05) is 0 Å². The summed E-state index contributed by atoms with van der Waals surface area (Å²) in [6.45, 7) is 8.85. The van der Waals surface area contributed by atoms with Gasteiger partial charge in [-0.2, -0.15) is 0 Å². The van der Waals surface area contributed by atoms with Crippen molar-refractivity contribution in [3.8, 4) is 17.2 Å². The van der Waals surface area contributed by atoms with Crippen molar-refractivity contribution in [3.63, 3.8) is 0 Å². The van der Waals surface area contributed by atoms with Gasteiger partial charge in [0, 0.05) is 5.41 Å². The van der Waals surface area contributed by atoms with Crippen LogP contribution in [0, 0.1) is 0 Å². The van der Waals surface area contributed by atoms with Crippen LogP contribution in [0.5, 0.6) is 17.2 Å². The summed E-state index contributed by atoms with van der Waals surface area (Å²) < 4.78 is 0. The molecule has 126 valence electrons. The molecule has 0 aromatic heterocycles. The minimum absolute atomic E-state index is 0.00573. The molecule has 1 unspecified atom stereocenters. The lowest BCUT2D eigenvalue weighted by molar-refractivity contribution is 0.348. The number of phenolic OH excluding ortho intramolecular Hbond substituents is 3. The fraction of sp³-hybridized carbons (Fsp3) is 0.429. The summed E-state index contributed by atoms with van der Waals surface area (Å²) in [7, 11) is 0. The summed E-state index contributed by atoms with van der Waals surface area (Å²) in [5.41, 5.74) is 4.24. The highest BCUT2D eigenvalue weighted by molar-refractivity contribution is 5.63. The second kappa shape index (κ2) is 4.27. The van der Waals surface area contributed by atoms with E-state index < -0.39 is 0 Å². The summed E-state index contributed by atoms with van der Waals surface area (Å²) in [5, 5.41) is 30.2. The zero-order valence-electron chi connectivity index (χ0n) is 14.6. The number of fused-ring (bicyclic) bond motifs is 4. The topological polar surface area (TPSA) is 60.7 Å². The van der Waals surface area contributed by atoms with E-state index in [2.05, 4.69) is 27.7 Å². The fourth-order valence-electron chi connectivity index (χ4n) is 5.34. The third-order valence-electron chi connectivity index (χ3n) is 6.09. The molecule has 4 rings (SSSR count). The molecule has 0 radical (unpaired) electrons. The normalized spacial score (nSPS) is 25.7. The molecule has 1 spiro atoms. The van der Waals surface area contributed by atoms with Crippen LogP contribution in [-0.4, -0.2) is 15.3 Å². The largest absolute Gasteiger partial charge is 0.508 e. The second-order valence-electron chi connectivity index (χ2n) is 8.82. The molecule has 2 aliphatic carbocycles. The highest BCUT2D eigenvalue weighted by Gasteiger charge is 2.56. The van der Waals surface area contributed by atoms with E-state index in [1.54, 1.807) is 18.2 Å². The molecule has 24 heavy (non-hydrogen) atoms. The van der Waals surface area contributed by atoms with Crippen molar-refractivity contribution < 1.29 is 15.3 Å². The Bertz CT molecular complexity index is 864. The molecule has 0 heterocycles. The van der Waals surface area contributed by atoms with Gasteiger partial charge in [0.05, 0.1) is 0 Å². The van der Waals surface area contributed by atoms with Crippen molar-refractivity contribution in [3.05, 3.63) is 52.6 Å². The Balaban J connectivity index is 2.06. The SMILES string of the molecule is CC1(C)CC2(CC(C)(C)c3cc(O)c(O)cc32)c2cc(O)ccc21. The van der Waals surface area contributed by atoms with Crippen molar-refractivity contribution >= 4 is 0 Å². The molecule has 2 aromatic rings. The average Bonchev–Trinajstić information content (AvgIpc) is 2.80. The average molecular weight is 324 g/mol. The number of hydrogen-bond donors (Lipinski definition) is 3. The van der Waals surface area contributed by atoms with Crippen LogP contribution in [-0.2, 0) is 16.2 Å². The first-order valence-corrected chi connectivity index (χ1v) is 8.48. The molecule has 3 heteroatoms. The predicted molar refractivity (Wildman–Crippen MR) is 93.9 cm³/mol. The van der Waals surface area contributed by atoms with Crippen LogP contribution >= 0.6 is 0 Å². The number of aromatic hydroxyl groups is 3. The zero-order valence-corrected chi connectivity index (χ0v) is 14.6. The molecule has 0 aliphatic heterocycles. The van der Waals surface area contributed by atoms with Crippen LogP contribution in [0.1, 0.15) is 62.8 Å². The van der Waals surface area contributed by atoms with Crippen LogP contribution in [0.3, 0.4) is 0 Å². The first-order valence-electron chi connectivity index (χ1n) is 8.48. The number of phenols is 3. The van der Waals surface area contributed by atoms with E-state index in [1.807, 2.05) is 12.1 Å². The predicted octanol–water partition coefficient (Wildman–Crippen LogP) is 4.45. The van der Waals surface area contributed by atoms with Gasteiger partial charge < -0.3 is 15.3 Å². The van der Waals surface area contributed by atoms with E-state index in [0.29, 0.717) is 0 Å². The van der Waals surface area contributed by atoms with Crippen molar-refractivity contribution in [2.45, 2.75) is 56.8 Å². The maximum atomic E-state index is 10.1. The Hall–Kier alpha value is -2.16. The summed E-state index contributed by atoms with van der Waals surface area (Å²) >= 11 is 0. The van der Waals surface area contributed by atoms with E-state index in [9.17, 15) is 15.3 Å². The van der Waals surface area contributed by atoms with Gasteiger partial charge in [-0.25, -0.2) is 0 Å². The first-order chi connectivity index (χ1) is 11.1. The molecule has 3 N–H and O–H groups in total. The van der Waals surface area contributed by atoms with Gasteiger partial charge in [0.1, 0.15) is 5.75 Å². The molecular weight excluding hydrogens is 300 g/mol. The van der Waals surface area contributed by atoms with Gasteiger partial charge in [-0.15, -0.1) is 0 Å². The Morgan fingerprint density at radius 3 is 1.79 bits per heavy atom. The second-order valence-corrected chi connectivity index (χ2v) is 8.82. The van der Waals surface area contributed by atoms with E-state index in [4.69, 9.17) is 0 Å². The van der Waals surface area contributed by atoms with E-state index in [-0.39, 0.29) is 33.5 Å². The quantitative estimate of drug-likeness (QED) is 0.627. The highest BCUT2D eigenvalue weighted by atomic mass is 16.3. The molecule has 1 atom stereocenters.